The molecular weight excluding hydrogens is 320 g/mol. The lowest BCUT2D eigenvalue weighted by Gasteiger charge is -2.23. The molecule has 0 spiro atoms. The maximum Gasteiger partial charge on any atom is 0.317 e. The number of primary amides is 1. The Kier molecular flexibility index (Phi) is 4.92. The quantitative estimate of drug-likeness (QED) is 0.763. The molecule has 0 saturated heterocycles. The summed E-state index contributed by atoms with van der Waals surface area (Å²) in [6, 6.07) is 8.83. The van der Waals surface area contributed by atoms with E-state index >= 15 is 0 Å². The number of nitrogens with zero attached hydrogens (tertiary/aromatic N) is 3. The summed E-state index contributed by atoms with van der Waals surface area (Å²) in [5.41, 5.74) is 11.4. The van der Waals surface area contributed by atoms with Crippen molar-refractivity contribution < 1.29 is 9.53 Å². The maximum absolute atomic E-state index is 11.4. The van der Waals surface area contributed by atoms with Gasteiger partial charge in [-0.05, 0) is 24.6 Å². The van der Waals surface area contributed by atoms with Crippen molar-refractivity contribution in [3.63, 3.8) is 0 Å². The van der Waals surface area contributed by atoms with Gasteiger partial charge < -0.3 is 10.5 Å². The highest BCUT2D eigenvalue weighted by Gasteiger charge is 2.31. The number of hydrogen-bond acceptors (Lipinski definition) is 6. The molecule has 1 aliphatic rings. The van der Waals surface area contributed by atoms with Crippen LogP contribution in [0.2, 0.25) is 0 Å². The molecule has 0 bridgehead atoms. The van der Waals surface area contributed by atoms with Crippen molar-refractivity contribution in [1.82, 2.24) is 20.7 Å². The summed E-state index contributed by atoms with van der Waals surface area (Å²) in [5.74, 6) is 1.21. The van der Waals surface area contributed by atoms with Crippen LogP contribution in [0, 0.1) is 0 Å². The molecule has 1 aromatic carbocycles. The third kappa shape index (κ3) is 3.59. The standard InChI is InChI=1S/C17H20N6O2/c1-11-15(12-8-19-14(10-25-2)20-9-12)22-23(16(11)21-17(18)24)13-6-4-3-5-7-13/h3-9,15,22H,10H2,1-2H3,(H3,18,21,24). The van der Waals surface area contributed by atoms with Crippen LogP contribution in [0.3, 0.4) is 0 Å². The Hall–Kier alpha value is -2.97. The molecule has 2 heterocycles. The lowest BCUT2D eigenvalue weighted by atomic mass is 10.0. The van der Waals surface area contributed by atoms with Gasteiger partial charge in [0.15, 0.2) is 5.82 Å². The second kappa shape index (κ2) is 7.29. The van der Waals surface area contributed by atoms with Gasteiger partial charge in [-0.3, -0.25) is 10.3 Å². The third-order valence-corrected chi connectivity index (χ3v) is 3.88. The highest BCUT2D eigenvalue weighted by molar-refractivity contribution is 5.75. The summed E-state index contributed by atoms with van der Waals surface area (Å²) in [6.45, 7) is 2.28. The number of methoxy groups -OCH3 is 1. The normalized spacial score (nSPS) is 17.0. The van der Waals surface area contributed by atoms with Crippen LogP contribution in [-0.4, -0.2) is 23.1 Å². The van der Waals surface area contributed by atoms with E-state index in [0.717, 1.165) is 16.8 Å². The fraction of sp³-hybridized carbons (Fsp3) is 0.235. The predicted molar refractivity (Wildman–Crippen MR) is 93.0 cm³/mol. The Morgan fingerprint density at radius 3 is 2.60 bits per heavy atom. The minimum atomic E-state index is -0.621. The summed E-state index contributed by atoms with van der Waals surface area (Å²) < 4.78 is 5.03. The average molecular weight is 340 g/mol. The van der Waals surface area contributed by atoms with Crippen molar-refractivity contribution in [2.45, 2.75) is 19.6 Å². The van der Waals surface area contributed by atoms with Crippen molar-refractivity contribution in [1.29, 1.82) is 0 Å². The number of anilines is 1. The molecule has 8 heteroatoms. The first-order valence-corrected chi connectivity index (χ1v) is 7.78. The Morgan fingerprint density at radius 2 is 2.00 bits per heavy atom. The monoisotopic (exact) mass is 340 g/mol. The molecule has 130 valence electrons. The van der Waals surface area contributed by atoms with Crippen LogP contribution in [0.4, 0.5) is 10.5 Å². The Bertz CT molecular complexity index is 775. The number of nitrogens with two attached hydrogens (primary N) is 1. The van der Waals surface area contributed by atoms with Gasteiger partial charge in [-0.2, -0.15) is 0 Å². The van der Waals surface area contributed by atoms with Gasteiger partial charge in [0.25, 0.3) is 0 Å². The van der Waals surface area contributed by atoms with Crippen LogP contribution in [-0.2, 0) is 11.3 Å². The molecule has 0 aliphatic carbocycles. The van der Waals surface area contributed by atoms with E-state index in [9.17, 15) is 4.79 Å². The number of ether oxygens (including phenoxy) is 1. The zero-order valence-electron chi connectivity index (χ0n) is 14.1. The second-order valence-electron chi connectivity index (χ2n) is 5.62. The van der Waals surface area contributed by atoms with Crippen LogP contribution in [0.5, 0.6) is 0 Å². The van der Waals surface area contributed by atoms with E-state index < -0.39 is 6.03 Å². The van der Waals surface area contributed by atoms with E-state index in [1.54, 1.807) is 24.5 Å². The molecule has 3 rings (SSSR count). The van der Waals surface area contributed by atoms with Crippen LogP contribution in [0.25, 0.3) is 0 Å². The summed E-state index contributed by atoms with van der Waals surface area (Å²) in [6.07, 6.45) is 3.50. The lowest BCUT2D eigenvalue weighted by molar-refractivity contribution is 0.177. The molecule has 25 heavy (non-hydrogen) atoms. The molecule has 0 saturated carbocycles. The first-order valence-electron chi connectivity index (χ1n) is 7.78. The first kappa shape index (κ1) is 16.9. The van der Waals surface area contributed by atoms with Gasteiger partial charge in [-0.15, -0.1) is 0 Å². The fourth-order valence-corrected chi connectivity index (χ4v) is 2.70. The van der Waals surface area contributed by atoms with Crippen LogP contribution in [0.15, 0.2) is 54.1 Å². The molecule has 2 amide bonds. The first-order chi connectivity index (χ1) is 12.1. The molecule has 0 fully saturated rings. The van der Waals surface area contributed by atoms with Crippen molar-refractivity contribution in [2.75, 3.05) is 12.1 Å². The maximum atomic E-state index is 11.4. The summed E-state index contributed by atoms with van der Waals surface area (Å²) >= 11 is 0. The Balaban J connectivity index is 1.93. The van der Waals surface area contributed by atoms with Crippen molar-refractivity contribution in [3.05, 3.63) is 65.5 Å². The molecule has 1 atom stereocenters. The van der Waals surface area contributed by atoms with Crippen LogP contribution < -0.4 is 21.5 Å². The molecule has 1 aliphatic heterocycles. The Morgan fingerprint density at radius 1 is 1.32 bits per heavy atom. The van der Waals surface area contributed by atoms with Crippen molar-refractivity contribution in [3.8, 4) is 0 Å². The summed E-state index contributed by atoms with van der Waals surface area (Å²) in [5, 5.41) is 4.49. The van der Waals surface area contributed by atoms with Gasteiger partial charge >= 0.3 is 6.03 Å². The predicted octanol–water partition coefficient (Wildman–Crippen LogP) is 1.59. The SMILES string of the molecule is COCc1ncc(C2NN(c3ccccc3)C(NC(N)=O)=C2C)cn1. The summed E-state index contributed by atoms with van der Waals surface area (Å²) in [7, 11) is 1.60. The molecule has 0 radical (unpaired) electrons. The molecule has 4 N–H and O–H groups in total. The van der Waals surface area contributed by atoms with E-state index in [0.29, 0.717) is 18.3 Å². The number of aromatic nitrogens is 2. The van der Waals surface area contributed by atoms with Gasteiger partial charge in [-0.1, -0.05) is 18.2 Å². The van der Waals surface area contributed by atoms with Gasteiger partial charge in [0.1, 0.15) is 12.4 Å². The van der Waals surface area contributed by atoms with Gasteiger partial charge in [0, 0.05) is 25.1 Å². The number of para-hydroxylation sites is 1. The van der Waals surface area contributed by atoms with E-state index in [-0.39, 0.29) is 6.04 Å². The molecule has 1 aromatic heterocycles. The number of amides is 2. The number of hydrazine groups is 1. The highest BCUT2D eigenvalue weighted by atomic mass is 16.5. The summed E-state index contributed by atoms with van der Waals surface area (Å²) in [4.78, 5) is 20.0. The minimum absolute atomic E-state index is 0.182. The fourth-order valence-electron chi connectivity index (χ4n) is 2.70. The number of urea groups is 1. The molecular formula is C17H20N6O2. The number of carbonyl (C=O) groups excluding carboxylic acids is 1. The number of nitrogens with one attached hydrogen (secondary N) is 2. The highest BCUT2D eigenvalue weighted by Crippen LogP contribution is 2.33. The van der Waals surface area contributed by atoms with Crippen molar-refractivity contribution >= 4 is 11.7 Å². The zero-order valence-corrected chi connectivity index (χ0v) is 14.1. The van der Waals surface area contributed by atoms with Gasteiger partial charge in [0.2, 0.25) is 0 Å². The van der Waals surface area contributed by atoms with E-state index in [1.807, 2.05) is 37.3 Å². The van der Waals surface area contributed by atoms with E-state index in [4.69, 9.17) is 10.5 Å². The van der Waals surface area contributed by atoms with Crippen molar-refractivity contribution in [2.24, 2.45) is 5.73 Å². The largest absolute Gasteiger partial charge is 0.377 e. The minimum Gasteiger partial charge on any atom is -0.377 e. The number of rotatable bonds is 5. The van der Waals surface area contributed by atoms with Gasteiger partial charge in [0.05, 0.1) is 11.7 Å². The van der Waals surface area contributed by atoms with E-state index in [1.165, 1.54) is 0 Å². The zero-order chi connectivity index (χ0) is 17.8. The molecule has 2 aromatic rings. The second-order valence-corrected chi connectivity index (χ2v) is 5.62. The van der Waals surface area contributed by atoms with Crippen LogP contribution in [0.1, 0.15) is 24.4 Å². The average Bonchev–Trinajstić information content (AvgIpc) is 2.93. The van der Waals surface area contributed by atoms with Gasteiger partial charge in [-0.25, -0.2) is 20.2 Å². The third-order valence-electron chi connectivity index (χ3n) is 3.88. The lowest BCUT2D eigenvalue weighted by Crippen LogP contribution is -2.41. The number of benzene rings is 1. The number of hydrogen-bond donors (Lipinski definition) is 3. The van der Waals surface area contributed by atoms with Crippen LogP contribution >= 0.6 is 0 Å². The van der Waals surface area contributed by atoms with E-state index in [2.05, 4.69) is 20.7 Å². The number of carbonyl (C=O) groups is 1. The molecule has 1 unspecified atom stereocenters. The topological polar surface area (TPSA) is 105 Å². The smallest absolute Gasteiger partial charge is 0.317 e. The Labute approximate surface area is 145 Å². The molecule has 8 nitrogen and oxygen atoms in total.